The van der Waals surface area contributed by atoms with Crippen molar-refractivity contribution in [3.05, 3.63) is 54.2 Å². The first kappa shape index (κ1) is 14.3. The van der Waals surface area contributed by atoms with E-state index in [9.17, 15) is 13.2 Å². The lowest BCUT2D eigenvalue weighted by Gasteiger charge is -2.09. The van der Waals surface area contributed by atoms with Gasteiger partial charge >= 0.3 is 0 Å². The number of anilines is 1. The Hall–Kier alpha value is -2.67. The third-order valence-electron chi connectivity index (χ3n) is 3.27. The van der Waals surface area contributed by atoms with Crippen LogP contribution >= 0.6 is 0 Å². The Morgan fingerprint density at radius 3 is 2.73 bits per heavy atom. The average molecular weight is 315 g/mol. The van der Waals surface area contributed by atoms with Gasteiger partial charge in [0.05, 0.1) is 22.3 Å². The van der Waals surface area contributed by atoms with Crippen molar-refractivity contribution in [2.45, 2.75) is 11.8 Å². The summed E-state index contributed by atoms with van der Waals surface area (Å²) in [4.78, 5) is 11.4. The highest BCUT2D eigenvalue weighted by Gasteiger charge is 2.17. The Bertz CT molecular complexity index is 961. The van der Waals surface area contributed by atoms with E-state index in [1.165, 1.54) is 19.1 Å². The summed E-state index contributed by atoms with van der Waals surface area (Å²) < 4.78 is 27.5. The third kappa shape index (κ3) is 2.58. The average Bonchev–Trinajstić information content (AvgIpc) is 2.97. The molecule has 2 N–H and O–H groups in total. The van der Waals surface area contributed by atoms with Crippen LogP contribution in [0, 0.1) is 0 Å². The number of hydrogen-bond acceptors (Lipinski definition) is 4. The monoisotopic (exact) mass is 315 g/mol. The molecule has 0 aliphatic heterocycles. The molecule has 0 aliphatic rings. The van der Waals surface area contributed by atoms with E-state index in [0.717, 1.165) is 5.39 Å². The van der Waals surface area contributed by atoms with Crippen molar-refractivity contribution in [3.63, 3.8) is 0 Å². The molecule has 3 rings (SSSR count). The Morgan fingerprint density at radius 2 is 1.95 bits per heavy atom. The lowest BCUT2D eigenvalue weighted by atomic mass is 10.2. The van der Waals surface area contributed by atoms with Gasteiger partial charge in [0.15, 0.2) is 5.78 Å². The van der Waals surface area contributed by atoms with Crippen LogP contribution in [0.15, 0.2) is 53.6 Å². The number of Topliss-reactive ketones (excluding diaryl/α,β-unsaturated/α-hetero) is 1. The maximum absolute atomic E-state index is 12.5. The van der Waals surface area contributed by atoms with Crippen LogP contribution in [-0.2, 0) is 10.0 Å². The van der Waals surface area contributed by atoms with Gasteiger partial charge < -0.3 is 0 Å². The number of ketones is 1. The van der Waals surface area contributed by atoms with E-state index >= 15 is 0 Å². The molecule has 0 radical (unpaired) electrons. The van der Waals surface area contributed by atoms with E-state index in [4.69, 9.17) is 0 Å². The molecule has 0 spiro atoms. The highest BCUT2D eigenvalue weighted by atomic mass is 32.2. The van der Waals surface area contributed by atoms with Crippen LogP contribution < -0.4 is 4.72 Å². The summed E-state index contributed by atoms with van der Waals surface area (Å²) in [6, 6.07) is 11.1. The Labute approximate surface area is 127 Å². The maximum Gasteiger partial charge on any atom is 0.261 e. The number of H-pyrrole nitrogens is 1. The van der Waals surface area contributed by atoms with Crippen molar-refractivity contribution in [2.75, 3.05) is 4.72 Å². The molecule has 6 nitrogen and oxygen atoms in total. The van der Waals surface area contributed by atoms with Crippen molar-refractivity contribution in [2.24, 2.45) is 0 Å². The van der Waals surface area contributed by atoms with Crippen molar-refractivity contribution < 1.29 is 13.2 Å². The van der Waals surface area contributed by atoms with Gasteiger partial charge in [0.25, 0.3) is 10.0 Å². The number of hydrogen-bond donors (Lipinski definition) is 2. The maximum atomic E-state index is 12.5. The van der Waals surface area contributed by atoms with Gasteiger partial charge in [-0.3, -0.25) is 14.6 Å². The Kier molecular flexibility index (Phi) is 3.42. The third-order valence-corrected chi connectivity index (χ3v) is 4.64. The van der Waals surface area contributed by atoms with Gasteiger partial charge in [-0.05, 0) is 25.1 Å². The molecule has 0 saturated heterocycles. The van der Waals surface area contributed by atoms with Gasteiger partial charge in [0.2, 0.25) is 0 Å². The summed E-state index contributed by atoms with van der Waals surface area (Å²) in [5.41, 5.74) is 1.36. The second-order valence-electron chi connectivity index (χ2n) is 4.83. The van der Waals surface area contributed by atoms with E-state index in [1.54, 1.807) is 30.5 Å². The van der Waals surface area contributed by atoms with Gasteiger partial charge in [-0.1, -0.05) is 24.3 Å². The van der Waals surface area contributed by atoms with E-state index in [-0.39, 0.29) is 10.7 Å². The first-order chi connectivity index (χ1) is 10.5. The topological polar surface area (TPSA) is 91.9 Å². The molecule has 0 fully saturated rings. The second kappa shape index (κ2) is 5.27. The summed E-state index contributed by atoms with van der Waals surface area (Å²) in [6.45, 7) is 1.39. The van der Waals surface area contributed by atoms with Crippen LogP contribution in [-0.4, -0.2) is 24.4 Å². The molecule has 112 valence electrons. The van der Waals surface area contributed by atoms with E-state index in [0.29, 0.717) is 16.8 Å². The minimum atomic E-state index is -3.79. The van der Waals surface area contributed by atoms with Crippen LogP contribution in [0.5, 0.6) is 0 Å². The summed E-state index contributed by atoms with van der Waals surface area (Å²) in [5.74, 6) is -0.187. The Balaban J connectivity index is 2.02. The zero-order valence-electron chi connectivity index (χ0n) is 11.7. The highest BCUT2D eigenvalue weighted by molar-refractivity contribution is 7.92. The van der Waals surface area contributed by atoms with Gasteiger partial charge in [-0.15, -0.1) is 0 Å². The lowest BCUT2D eigenvalue weighted by molar-refractivity contribution is 0.101. The smallest absolute Gasteiger partial charge is 0.261 e. The first-order valence-corrected chi connectivity index (χ1v) is 8.01. The number of carbonyl (C=O) groups excluding carboxylic acids is 1. The standard InChI is InChI=1S/C15H13N3O3S/c1-10(19)11-4-2-6-13(8-11)22(20,21)18-14-7-3-5-12-9-16-17-15(12)14/h2-9,18H,1H3,(H,16,17). The van der Waals surface area contributed by atoms with E-state index in [1.807, 2.05) is 6.07 Å². The SMILES string of the molecule is CC(=O)c1cccc(S(=O)(=O)Nc2cccc3cn[nH]c23)c1. The number of rotatable bonds is 4. The predicted octanol–water partition coefficient (Wildman–Crippen LogP) is 2.57. The zero-order chi connectivity index (χ0) is 15.7. The van der Waals surface area contributed by atoms with Gasteiger partial charge in [0.1, 0.15) is 0 Å². The van der Waals surface area contributed by atoms with E-state index in [2.05, 4.69) is 14.9 Å². The minimum Gasteiger partial charge on any atom is -0.295 e. The van der Waals surface area contributed by atoms with Gasteiger partial charge in [-0.25, -0.2) is 8.42 Å². The van der Waals surface area contributed by atoms with Crippen LogP contribution in [0.4, 0.5) is 5.69 Å². The van der Waals surface area contributed by atoms with Gasteiger partial charge in [-0.2, -0.15) is 5.10 Å². The molecule has 0 unspecified atom stereocenters. The number of aromatic amines is 1. The summed E-state index contributed by atoms with van der Waals surface area (Å²) in [6.07, 6.45) is 1.61. The minimum absolute atomic E-state index is 0.0386. The van der Waals surface area contributed by atoms with Gasteiger partial charge in [0, 0.05) is 10.9 Å². The van der Waals surface area contributed by atoms with Crippen molar-refractivity contribution in [1.82, 2.24) is 10.2 Å². The molecule has 2 aromatic carbocycles. The number of sulfonamides is 1. The molecule has 22 heavy (non-hydrogen) atoms. The Morgan fingerprint density at radius 1 is 1.18 bits per heavy atom. The summed E-state index contributed by atoms with van der Waals surface area (Å²) >= 11 is 0. The number of carbonyl (C=O) groups is 1. The first-order valence-electron chi connectivity index (χ1n) is 6.53. The fraction of sp³-hybridized carbons (Fsp3) is 0.0667. The lowest BCUT2D eigenvalue weighted by Crippen LogP contribution is -2.13. The molecule has 1 aromatic heterocycles. The second-order valence-corrected chi connectivity index (χ2v) is 6.51. The fourth-order valence-corrected chi connectivity index (χ4v) is 3.26. The van der Waals surface area contributed by atoms with Crippen LogP contribution in [0.2, 0.25) is 0 Å². The number of benzene rings is 2. The molecular formula is C15H13N3O3S. The number of para-hydroxylation sites is 1. The molecule has 0 aliphatic carbocycles. The molecule has 0 amide bonds. The largest absolute Gasteiger partial charge is 0.295 e. The number of nitrogens with one attached hydrogen (secondary N) is 2. The van der Waals surface area contributed by atoms with Crippen LogP contribution in [0.1, 0.15) is 17.3 Å². The number of aromatic nitrogens is 2. The molecule has 0 atom stereocenters. The van der Waals surface area contributed by atoms with Crippen molar-refractivity contribution in [1.29, 1.82) is 0 Å². The molecule has 0 bridgehead atoms. The fourth-order valence-electron chi connectivity index (χ4n) is 2.14. The molecule has 1 heterocycles. The normalized spacial score (nSPS) is 11.5. The molecule has 0 saturated carbocycles. The number of fused-ring (bicyclic) bond motifs is 1. The zero-order valence-corrected chi connectivity index (χ0v) is 12.5. The van der Waals surface area contributed by atoms with Crippen molar-refractivity contribution in [3.8, 4) is 0 Å². The van der Waals surface area contributed by atoms with Crippen LogP contribution in [0.25, 0.3) is 10.9 Å². The van der Waals surface area contributed by atoms with E-state index < -0.39 is 10.0 Å². The summed E-state index contributed by atoms with van der Waals surface area (Å²) in [5, 5.41) is 7.46. The summed E-state index contributed by atoms with van der Waals surface area (Å²) in [7, 11) is -3.79. The van der Waals surface area contributed by atoms with Crippen LogP contribution in [0.3, 0.4) is 0 Å². The molecule has 7 heteroatoms. The van der Waals surface area contributed by atoms with Crippen molar-refractivity contribution >= 4 is 32.4 Å². The quantitative estimate of drug-likeness (QED) is 0.724. The predicted molar refractivity (Wildman–Crippen MR) is 83.3 cm³/mol. The highest BCUT2D eigenvalue weighted by Crippen LogP contribution is 2.24. The molecule has 3 aromatic rings. The molecular weight excluding hydrogens is 302 g/mol. The number of nitrogens with zero attached hydrogens (tertiary/aromatic N) is 1.